The largest absolute Gasteiger partial charge is 0.497 e. The lowest BCUT2D eigenvalue weighted by atomic mass is 10.1. The summed E-state index contributed by atoms with van der Waals surface area (Å²) in [5.41, 5.74) is 2.98. The Balaban J connectivity index is 1.54. The van der Waals surface area contributed by atoms with Crippen LogP contribution in [-0.4, -0.2) is 48.8 Å². The Morgan fingerprint density at radius 3 is 2.58 bits per heavy atom. The number of carbonyl (C=O) groups is 4. The van der Waals surface area contributed by atoms with Gasteiger partial charge >= 0.3 is 5.97 Å². The molecule has 1 heterocycles. The number of amides is 2. The van der Waals surface area contributed by atoms with Crippen molar-refractivity contribution >= 4 is 46.8 Å². The average molecular weight is 465 g/mol. The Morgan fingerprint density at radius 2 is 1.87 bits per heavy atom. The number of halogens is 2. The molecule has 1 atom stereocenters. The molecule has 0 unspecified atom stereocenters. The number of ether oxygens (including phenoxy) is 2. The Labute approximate surface area is 188 Å². The number of carbonyl (C=O) groups excluding carboxylic acids is 4. The van der Waals surface area contributed by atoms with Crippen LogP contribution in [0.2, 0.25) is 10.0 Å². The third kappa shape index (κ3) is 5.53. The molecule has 0 spiro atoms. The minimum Gasteiger partial charge on any atom is -0.497 e. The summed E-state index contributed by atoms with van der Waals surface area (Å²) in [5.74, 6) is -2.42. The van der Waals surface area contributed by atoms with Crippen LogP contribution in [0.3, 0.4) is 0 Å². The number of methoxy groups -OCH3 is 1. The first-order valence-corrected chi connectivity index (χ1v) is 9.94. The Morgan fingerprint density at radius 1 is 1.10 bits per heavy atom. The van der Waals surface area contributed by atoms with Gasteiger partial charge in [-0.2, -0.15) is 0 Å². The molecule has 1 N–H and O–H groups in total. The number of Topliss-reactive ketones (excluding diaryl/α,β-unsaturated/α-hetero) is 1. The summed E-state index contributed by atoms with van der Waals surface area (Å²) in [7, 11) is 1.48. The molecule has 1 aliphatic heterocycles. The van der Waals surface area contributed by atoms with E-state index in [1.165, 1.54) is 31.4 Å². The van der Waals surface area contributed by atoms with Gasteiger partial charge in [0.1, 0.15) is 5.75 Å². The van der Waals surface area contributed by atoms with E-state index in [2.05, 4.69) is 5.43 Å². The van der Waals surface area contributed by atoms with Crippen molar-refractivity contribution in [3.8, 4) is 5.75 Å². The normalized spacial score (nSPS) is 15.5. The van der Waals surface area contributed by atoms with Crippen LogP contribution in [0.1, 0.15) is 27.1 Å². The first-order valence-electron chi connectivity index (χ1n) is 9.18. The zero-order chi connectivity index (χ0) is 22.5. The lowest BCUT2D eigenvalue weighted by molar-refractivity contribution is -0.147. The summed E-state index contributed by atoms with van der Waals surface area (Å²) in [5, 5.41) is 1.53. The van der Waals surface area contributed by atoms with Gasteiger partial charge in [0.25, 0.3) is 5.91 Å². The quantitative estimate of drug-likeness (QED) is 0.499. The highest BCUT2D eigenvalue weighted by atomic mass is 35.5. The average Bonchev–Trinajstić information content (AvgIpc) is 3.13. The maximum atomic E-state index is 12.3. The smallest absolute Gasteiger partial charge is 0.311 e. The van der Waals surface area contributed by atoms with Crippen LogP contribution in [0.25, 0.3) is 0 Å². The second kappa shape index (κ2) is 9.80. The van der Waals surface area contributed by atoms with Gasteiger partial charge in [-0.05, 0) is 30.3 Å². The molecule has 0 aromatic heterocycles. The number of ketones is 1. The van der Waals surface area contributed by atoms with Crippen molar-refractivity contribution in [1.82, 2.24) is 10.4 Å². The second-order valence-electron chi connectivity index (χ2n) is 6.74. The van der Waals surface area contributed by atoms with E-state index in [0.29, 0.717) is 16.3 Å². The van der Waals surface area contributed by atoms with E-state index in [4.69, 9.17) is 32.7 Å². The highest BCUT2D eigenvalue weighted by Crippen LogP contribution is 2.23. The van der Waals surface area contributed by atoms with Crippen molar-refractivity contribution in [2.24, 2.45) is 5.92 Å². The van der Waals surface area contributed by atoms with Crippen molar-refractivity contribution in [3.63, 3.8) is 0 Å². The van der Waals surface area contributed by atoms with Gasteiger partial charge in [-0.1, -0.05) is 35.3 Å². The first kappa shape index (κ1) is 22.6. The fourth-order valence-electron chi connectivity index (χ4n) is 2.93. The highest BCUT2D eigenvalue weighted by molar-refractivity contribution is 6.42. The Kier molecular flexibility index (Phi) is 7.14. The van der Waals surface area contributed by atoms with Crippen LogP contribution in [0, 0.1) is 5.92 Å². The summed E-state index contributed by atoms with van der Waals surface area (Å²) in [6, 6.07) is 10.7. The third-order valence-corrected chi connectivity index (χ3v) is 5.35. The fraction of sp³-hybridized carbons (Fsp3) is 0.238. The number of benzene rings is 2. The molecule has 10 heteroatoms. The standard InChI is InChI=1S/C21H18Cl2N2O6/c1-30-15-4-2-3-12(7-15)18(26)11-31-21(29)14-9-19(27)25(10-14)24-20(28)13-5-6-16(22)17(23)8-13/h2-8,14H,9-11H2,1H3,(H,24,28)/t14-/m0/s1. The molecule has 2 aromatic carbocycles. The number of nitrogens with one attached hydrogen (secondary N) is 1. The maximum Gasteiger partial charge on any atom is 0.311 e. The molecule has 0 bridgehead atoms. The predicted octanol–water partition coefficient (Wildman–Crippen LogP) is 2.92. The SMILES string of the molecule is COc1cccc(C(=O)COC(=O)[C@H]2CC(=O)N(NC(=O)c3ccc(Cl)c(Cl)c3)C2)c1. The highest BCUT2D eigenvalue weighted by Gasteiger charge is 2.36. The summed E-state index contributed by atoms with van der Waals surface area (Å²) in [6.45, 7) is -0.537. The van der Waals surface area contributed by atoms with Crippen molar-refractivity contribution in [2.75, 3.05) is 20.3 Å². The van der Waals surface area contributed by atoms with Crippen molar-refractivity contribution in [3.05, 3.63) is 63.6 Å². The summed E-state index contributed by atoms with van der Waals surface area (Å²) < 4.78 is 10.1. The molecule has 162 valence electrons. The molecule has 8 nitrogen and oxygen atoms in total. The van der Waals surface area contributed by atoms with Gasteiger partial charge in [0.2, 0.25) is 5.91 Å². The molecule has 1 fully saturated rings. The summed E-state index contributed by atoms with van der Waals surface area (Å²) in [6.07, 6.45) is -0.145. The number of hydrogen-bond acceptors (Lipinski definition) is 6. The molecule has 3 rings (SSSR count). The molecular formula is C21H18Cl2N2O6. The van der Waals surface area contributed by atoms with Gasteiger partial charge < -0.3 is 9.47 Å². The molecule has 0 saturated carbocycles. The number of hydrazine groups is 1. The molecule has 2 amide bonds. The van der Waals surface area contributed by atoms with Crippen LogP contribution in [0.5, 0.6) is 5.75 Å². The van der Waals surface area contributed by atoms with E-state index in [1.54, 1.807) is 18.2 Å². The fourth-order valence-corrected chi connectivity index (χ4v) is 3.23. The molecule has 0 aliphatic carbocycles. The third-order valence-electron chi connectivity index (χ3n) is 4.61. The molecule has 0 radical (unpaired) electrons. The van der Waals surface area contributed by atoms with Crippen LogP contribution in [0.4, 0.5) is 0 Å². The van der Waals surface area contributed by atoms with Gasteiger partial charge in [0.05, 0.1) is 29.6 Å². The molecule has 31 heavy (non-hydrogen) atoms. The minimum absolute atomic E-state index is 0.0714. The minimum atomic E-state index is -0.806. The van der Waals surface area contributed by atoms with E-state index in [1.807, 2.05) is 0 Å². The number of nitrogens with zero attached hydrogens (tertiary/aromatic N) is 1. The van der Waals surface area contributed by atoms with Crippen molar-refractivity contribution < 1.29 is 28.7 Å². The monoisotopic (exact) mass is 464 g/mol. The van der Waals surface area contributed by atoms with Gasteiger partial charge in [-0.15, -0.1) is 0 Å². The zero-order valence-corrected chi connectivity index (χ0v) is 17.9. The van der Waals surface area contributed by atoms with E-state index in [9.17, 15) is 19.2 Å². The topological polar surface area (TPSA) is 102 Å². The summed E-state index contributed by atoms with van der Waals surface area (Å²) >= 11 is 11.7. The number of esters is 1. The van der Waals surface area contributed by atoms with Crippen molar-refractivity contribution in [2.45, 2.75) is 6.42 Å². The van der Waals surface area contributed by atoms with E-state index in [0.717, 1.165) is 5.01 Å². The number of hydrogen-bond donors (Lipinski definition) is 1. The first-order chi connectivity index (χ1) is 14.8. The van der Waals surface area contributed by atoms with Crippen LogP contribution in [-0.2, 0) is 14.3 Å². The van der Waals surface area contributed by atoms with Gasteiger partial charge in [0, 0.05) is 17.5 Å². The van der Waals surface area contributed by atoms with Crippen LogP contribution >= 0.6 is 23.2 Å². The maximum absolute atomic E-state index is 12.3. The van der Waals surface area contributed by atoms with E-state index >= 15 is 0 Å². The van der Waals surface area contributed by atoms with Crippen LogP contribution in [0.15, 0.2) is 42.5 Å². The molecule has 1 aliphatic rings. The predicted molar refractivity (Wildman–Crippen MR) is 112 cm³/mol. The number of rotatable bonds is 7. The summed E-state index contributed by atoms with van der Waals surface area (Å²) in [4.78, 5) is 49.1. The van der Waals surface area contributed by atoms with E-state index < -0.39 is 36.1 Å². The zero-order valence-electron chi connectivity index (χ0n) is 16.4. The molecular weight excluding hydrogens is 447 g/mol. The van der Waals surface area contributed by atoms with E-state index in [-0.39, 0.29) is 23.6 Å². The molecule has 2 aromatic rings. The molecule has 1 saturated heterocycles. The van der Waals surface area contributed by atoms with Gasteiger partial charge in [0.15, 0.2) is 12.4 Å². The lowest BCUT2D eigenvalue weighted by Gasteiger charge is -2.17. The van der Waals surface area contributed by atoms with Gasteiger partial charge in [-0.25, -0.2) is 0 Å². The lowest BCUT2D eigenvalue weighted by Crippen LogP contribution is -2.43. The van der Waals surface area contributed by atoms with Crippen molar-refractivity contribution in [1.29, 1.82) is 0 Å². The van der Waals surface area contributed by atoms with Crippen LogP contribution < -0.4 is 10.2 Å². The second-order valence-corrected chi connectivity index (χ2v) is 7.55. The Bertz CT molecular complexity index is 1040. The van der Waals surface area contributed by atoms with Gasteiger partial charge in [-0.3, -0.25) is 29.6 Å². The Hall–Kier alpha value is -3.10.